The Morgan fingerprint density at radius 1 is 1.11 bits per heavy atom. The molecule has 0 bridgehead atoms. The van der Waals surface area contributed by atoms with Crippen molar-refractivity contribution >= 4 is 17.7 Å². The Hall–Kier alpha value is -1.65. The zero-order chi connectivity index (χ0) is 20.1. The molecular formula is C23H31O5-. The molecule has 4 rings (SSSR count). The molecule has 3 saturated carbocycles. The number of rotatable bonds is 4. The Balaban J connectivity index is 1.46. The first-order valence-electron chi connectivity index (χ1n) is 10.9. The maximum atomic E-state index is 12.5. The topological polar surface area (TPSA) is 83.5 Å². The van der Waals surface area contributed by atoms with Gasteiger partial charge in [-0.1, -0.05) is 25.5 Å². The third-order valence-corrected chi connectivity index (χ3v) is 8.60. The summed E-state index contributed by atoms with van der Waals surface area (Å²) in [6.07, 6.45) is 9.38. The van der Waals surface area contributed by atoms with Crippen LogP contribution in [0.3, 0.4) is 0 Å². The molecule has 28 heavy (non-hydrogen) atoms. The predicted octanol–water partition coefficient (Wildman–Crippen LogP) is 2.96. The lowest BCUT2D eigenvalue weighted by Gasteiger charge is -2.56. The first-order chi connectivity index (χ1) is 13.2. The number of fused-ring (bicyclic) bond motifs is 5. The van der Waals surface area contributed by atoms with E-state index < -0.39 is 11.9 Å². The number of ketones is 1. The smallest absolute Gasteiger partial charge is 0.306 e. The van der Waals surface area contributed by atoms with Crippen molar-refractivity contribution in [1.29, 1.82) is 0 Å². The van der Waals surface area contributed by atoms with E-state index in [-0.39, 0.29) is 29.8 Å². The molecule has 0 amide bonds. The Kier molecular flexibility index (Phi) is 4.91. The van der Waals surface area contributed by atoms with Crippen molar-refractivity contribution < 1.29 is 24.2 Å². The van der Waals surface area contributed by atoms with Crippen LogP contribution in [-0.2, 0) is 19.1 Å². The molecule has 0 aliphatic heterocycles. The van der Waals surface area contributed by atoms with E-state index in [1.165, 1.54) is 5.57 Å². The fourth-order valence-corrected chi connectivity index (χ4v) is 6.95. The number of carboxylic acid groups (broad SMARTS) is 1. The second-order valence-electron chi connectivity index (χ2n) is 9.90. The molecule has 4 aliphatic rings. The molecule has 0 heterocycles. The summed E-state index contributed by atoms with van der Waals surface area (Å²) in [6, 6.07) is 0. The Morgan fingerprint density at radius 2 is 1.82 bits per heavy atom. The van der Waals surface area contributed by atoms with Crippen LogP contribution in [0.25, 0.3) is 0 Å². The lowest BCUT2D eigenvalue weighted by Crippen LogP contribution is -2.50. The number of aliphatic carboxylic acids is 1. The average Bonchev–Trinajstić information content (AvgIpc) is 2.95. The van der Waals surface area contributed by atoms with Gasteiger partial charge in [-0.25, -0.2) is 0 Å². The van der Waals surface area contributed by atoms with Gasteiger partial charge >= 0.3 is 5.97 Å². The van der Waals surface area contributed by atoms with Crippen LogP contribution < -0.4 is 5.11 Å². The SMILES string of the molecule is C[C@@]12CC[C@H]3[C@H](CC=C4C[C@@H](OC(=O)CCC(=O)[O-])CC[C@@]43C)[C@@H]1CCC2=O. The highest BCUT2D eigenvalue weighted by Crippen LogP contribution is 2.64. The number of hydrogen-bond donors (Lipinski definition) is 0. The van der Waals surface area contributed by atoms with Gasteiger partial charge in [-0.15, -0.1) is 0 Å². The first kappa shape index (κ1) is 19.7. The number of carbonyl (C=O) groups excluding carboxylic acids is 3. The van der Waals surface area contributed by atoms with E-state index in [0.29, 0.717) is 23.5 Å². The highest BCUT2D eigenvalue weighted by atomic mass is 16.5. The molecule has 0 aromatic heterocycles. The minimum absolute atomic E-state index is 0.103. The number of carboxylic acids is 1. The molecule has 6 atom stereocenters. The standard InChI is InChI=1S/C23H32O5/c1-22-11-9-15(28-21(27)8-7-20(25)26)13-14(22)3-4-16-17-5-6-19(24)23(17,2)12-10-18(16)22/h3,15-18H,4-13H2,1-2H3,(H,25,26)/p-1/t15-,16+,17-,18-,22-,23+/m0/s1. The molecule has 5 heteroatoms. The van der Waals surface area contributed by atoms with Crippen LogP contribution in [-0.4, -0.2) is 23.8 Å². The van der Waals surface area contributed by atoms with E-state index in [4.69, 9.17) is 4.74 Å². The van der Waals surface area contributed by atoms with Gasteiger partial charge in [0, 0.05) is 24.2 Å². The summed E-state index contributed by atoms with van der Waals surface area (Å²) in [5, 5.41) is 10.5. The largest absolute Gasteiger partial charge is 0.550 e. The number of Topliss-reactive ketones (excluding diaryl/α,β-unsaturated/α-hetero) is 1. The van der Waals surface area contributed by atoms with Gasteiger partial charge in [0.25, 0.3) is 0 Å². The number of hydrogen-bond acceptors (Lipinski definition) is 5. The van der Waals surface area contributed by atoms with Gasteiger partial charge in [0.2, 0.25) is 0 Å². The number of carbonyl (C=O) groups is 3. The molecule has 154 valence electrons. The molecule has 0 aromatic rings. The first-order valence-corrected chi connectivity index (χ1v) is 10.9. The third-order valence-electron chi connectivity index (χ3n) is 8.60. The minimum Gasteiger partial charge on any atom is -0.550 e. The lowest BCUT2D eigenvalue weighted by molar-refractivity contribution is -0.305. The van der Waals surface area contributed by atoms with Crippen LogP contribution in [0.2, 0.25) is 0 Å². The average molecular weight is 387 g/mol. The highest BCUT2D eigenvalue weighted by molar-refractivity contribution is 5.87. The van der Waals surface area contributed by atoms with Gasteiger partial charge in [0.15, 0.2) is 0 Å². The lowest BCUT2D eigenvalue weighted by atomic mass is 9.48. The van der Waals surface area contributed by atoms with Crippen molar-refractivity contribution in [2.75, 3.05) is 0 Å². The summed E-state index contributed by atoms with van der Waals surface area (Å²) in [7, 11) is 0. The van der Waals surface area contributed by atoms with Gasteiger partial charge in [-0.3, -0.25) is 9.59 Å². The van der Waals surface area contributed by atoms with E-state index in [2.05, 4.69) is 19.9 Å². The fraction of sp³-hybridized carbons (Fsp3) is 0.783. The third kappa shape index (κ3) is 3.11. The van der Waals surface area contributed by atoms with Crippen LogP contribution in [0, 0.1) is 28.6 Å². The summed E-state index contributed by atoms with van der Waals surface area (Å²) >= 11 is 0. The zero-order valence-electron chi connectivity index (χ0n) is 17.0. The van der Waals surface area contributed by atoms with E-state index in [1.807, 2.05) is 0 Å². The molecular weight excluding hydrogens is 356 g/mol. The van der Waals surface area contributed by atoms with Gasteiger partial charge < -0.3 is 14.6 Å². The van der Waals surface area contributed by atoms with Crippen molar-refractivity contribution in [3.05, 3.63) is 11.6 Å². The Labute approximate surface area is 166 Å². The predicted molar refractivity (Wildman–Crippen MR) is 101 cm³/mol. The molecule has 0 spiro atoms. The normalized spacial score (nSPS) is 42.1. The zero-order valence-corrected chi connectivity index (χ0v) is 17.0. The van der Waals surface area contributed by atoms with Crippen molar-refractivity contribution in [3.8, 4) is 0 Å². The van der Waals surface area contributed by atoms with Crippen molar-refractivity contribution in [3.63, 3.8) is 0 Å². The molecule has 4 aliphatic carbocycles. The molecule has 0 N–H and O–H groups in total. The molecule has 0 unspecified atom stereocenters. The molecule has 0 radical (unpaired) electrons. The second kappa shape index (κ2) is 7.00. The molecule has 0 saturated heterocycles. The highest BCUT2D eigenvalue weighted by Gasteiger charge is 2.58. The summed E-state index contributed by atoms with van der Waals surface area (Å²) in [6.45, 7) is 4.58. The summed E-state index contributed by atoms with van der Waals surface area (Å²) < 4.78 is 5.56. The van der Waals surface area contributed by atoms with Crippen LogP contribution in [0.15, 0.2) is 11.6 Å². The van der Waals surface area contributed by atoms with Crippen LogP contribution in [0.5, 0.6) is 0 Å². The van der Waals surface area contributed by atoms with Gasteiger partial charge in [-0.05, 0) is 68.1 Å². The monoisotopic (exact) mass is 387 g/mol. The maximum absolute atomic E-state index is 12.5. The van der Waals surface area contributed by atoms with Crippen molar-refractivity contribution in [1.82, 2.24) is 0 Å². The summed E-state index contributed by atoms with van der Waals surface area (Å²) in [5.41, 5.74) is 1.45. The molecule has 3 fully saturated rings. The summed E-state index contributed by atoms with van der Waals surface area (Å²) in [4.78, 5) is 34.9. The number of ether oxygens (including phenoxy) is 1. The van der Waals surface area contributed by atoms with Crippen molar-refractivity contribution in [2.45, 2.75) is 84.2 Å². The van der Waals surface area contributed by atoms with Crippen LogP contribution in [0.4, 0.5) is 0 Å². The molecule has 5 nitrogen and oxygen atoms in total. The second-order valence-corrected chi connectivity index (χ2v) is 9.90. The quantitative estimate of drug-likeness (QED) is 0.547. The Bertz CT molecular complexity index is 725. The van der Waals surface area contributed by atoms with E-state index >= 15 is 0 Å². The van der Waals surface area contributed by atoms with E-state index in [9.17, 15) is 19.5 Å². The number of esters is 1. The van der Waals surface area contributed by atoms with E-state index in [1.54, 1.807) is 0 Å². The van der Waals surface area contributed by atoms with E-state index in [0.717, 1.165) is 51.4 Å². The Morgan fingerprint density at radius 3 is 2.57 bits per heavy atom. The van der Waals surface area contributed by atoms with Crippen LogP contribution >= 0.6 is 0 Å². The van der Waals surface area contributed by atoms with Gasteiger partial charge in [0.05, 0.1) is 6.42 Å². The summed E-state index contributed by atoms with van der Waals surface area (Å²) in [5.74, 6) is 0.554. The van der Waals surface area contributed by atoms with Crippen LogP contribution in [0.1, 0.15) is 78.1 Å². The van der Waals surface area contributed by atoms with Crippen molar-refractivity contribution in [2.24, 2.45) is 28.6 Å². The fourth-order valence-electron chi connectivity index (χ4n) is 6.95. The minimum atomic E-state index is -1.22. The number of allylic oxidation sites excluding steroid dienone is 1. The van der Waals surface area contributed by atoms with Gasteiger partial charge in [-0.2, -0.15) is 0 Å². The maximum Gasteiger partial charge on any atom is 0.306 e. The van der Waals surface area contributed by atoms with Gasteiger partial charge in [0.1, 0.15) is 11.9 Å². The molecule has 0 aromatic carbocycles.